The number of hydrazone groups is 1. The molecule has 0 atom stereocenters. The Balaban J connectivity index is 1.88. The summed E-state index contributed by atoms with van der Waals surface area (Å²) in [6, 6.07) is 10.1. The molecule has 0 aliphatic rings. The number of amides is 3. The zero-order valence-electron chi connectivity index (χ0n) is 16.1. The first-order valence-corrected chi connectivity index (χ1v) is 9.38. The van der Waals surface area contributed by atoms with Crippen LogP contribution in [-0.4, -0.2) is 23.4 Å². The minimum atomic E-state index is -0.963. The molecule has 0 saturated heterocycles. The van der Waals surface area contributed by atoms with E-state index < -0.39 is 11.8 Å². The van der Waals surface area contributed by atoms with Gasteiger partial charge in [0.2, 0.25) is 5.91 Å². The number of halogens is 2. The third-order valence-corrected chi connectivity index (χ3v) is 4.76. The van der Waals surface area contributed by atoms with Gasteiger partial charge in [0.25, 0.3) is 0 Å². The van der Waals surface area contributed by atoms with E-state index in [4.69, 9.17) is 23.2 Å². The predicted molar refractivity (Wildman–Crippen MR) is 116 cm³/mol. The molecule has 0 aliphatic heterocycles. The molecule has 0 aliphatic carbocycles. The molecule has 9 heteroatoms. The highest BCUT2D eigenvalue weighted by Crippen LogP contribution is 2.23. The normalized spacial score (nSPS) is 11.0. The van der Waals surface area contributed by atoms with E-state index in [1.165, 1.54) is 0 Å². The lowest BCUT2D eigenvalue weighted by Crippen LogP contribution is -2.33. The Bertz CT molecular complexity index is 990. The predicted octanol–water partition coefficient (Wildman–Crippen LogP) is 4.07. The van der Waals surface area contributed by atoms with Gasteiger partial charge in [0.05, 0.1) is 6.42 Å². The van der Waals surface area contributed by atoms with Crippen LogP contribution in [0.5, 0.6) is 0 Å². The maximum atomic E-state index is 12.1. The van der Waals surface area contributed by atoms with Crippen LogP contribution in [0.2, 0.25) is 10.0 Å². The molecular formula is C20H20Cl2N4O3. The van der Waals surface area contributed by atoms with Gasteiger partial charge in [0.1, 0.15) is 0 Å². The average Bonchev–Trinajstić information content (AvgIpc) is 2.66. The Hall–Kier alpha value is -2.90. The largest absolute Gasteiger partial charge is 0.329 e. The number of aryl methyl sites for hydroxylation is 1. The van der Waals surface area contributed by atoms with Crippen molar-refractivity contribution in [3.8, 4) is 0 Å². The fourth-order valence-electron chi connectivity index (χ4n) is 2.27. The lowest BCUT2D eigenvalue weighted by molar-refractivity contribution is -0.136. The number of hydrogen-bond acceptors (Lipinski definition) is 4. The topological polar surface area (TPSA) is 99.7 Å². The summed E-state index contributed by atoms with van der Waals surface area (Å²) in [5, 5.41) is 9.94. The molecule has 2 aromatic rings. The molecule has 0 spiro atoms. The van der Waals surface area contributed by atoms with Gasteiger partial charge in [0, 0.05) is 27.1 Å². The molecular weight excluding hydrogens is 415 g/mol. The van der Waals surface area contributed by atoms with Crippen LogP contribution in [0, 0.1) is 13.8 Å². The zero-order chi connectivity index (χ0) is 21.6. The van der Waals surface area contributed by atoms with Crippen LogP contribution < -0.4 is 16.1 Å². The number of carbonyl (C=O) groups excluding carboxylic acids is 3. The molecule has 29 heavy (non-hydrogen) atoms. The van der Waals surface area contributed by atoms with E-state index in [9.17, 15) is 14.4 Å². The number of nitrogens with zero attached hydrogens (tertiary/aromatic N) is 1. The highest BCUT2D eigenvalue weighted by molar-refractivity contribution is 6.40. The van der Waals surface area contributed by atoms with Crippen molar-refractivity contribution in [2.45, 2.75) is 27.2 Å². The molecule has 0 saturated carbocycles. The molecule has 2 rings (SSSR count). The van der Waals surface area contributed by atoms with Gasteiger partial charge in [-0.05, 0) is 56.2 Å². The molecule has 0 fully saturated rings. The molecule has 0 bridgehead atoms. The first-order chi connectivity index (χ1) is 13.7. The van der Waals surface area contributed by atoms with Crippen molar-refractivity contribution < 1.29 is 14.4 Å². The van der Waals surface area contributed by atoms with Gasteiger partial charge >= 0.3 is 11.8 Å². The fraction of sp³-hybridized carbons (Fsp3) is 0.200. The van der Waals surface area contributed by atoms with E-state index in [1.807, 2.05) is 6.92 Å². The Morgan fingerprint density at radius 2 is 1.69 bits per heavy atom. The van der Waals surface area contributed by atoms with Gasteiger partial charge in [-0.25, -0.2) is 5.43 Å². The number of anilines is 2. The standard InChI is InChI=1S/C20H20Cl2N4O3/c1-11-7-8-14(10-16(11)22)23-18(27)9-12(2)25-26-20(29)19(28)24-17-6-4-5-15(21)13(17)3/h4-8,10H,9H2,1-3H3,(H,23,27)(H,24,28)(H,26,29). The summed E-state index contributed by atoms with van der Waals surface area (Å²) in [6.45, 7) is 5.14. The Kier molecular flexibility index (Phi) is 7.75. The van der Waals surface area contributed by atoms with Gasteiger partial charge < -0.3 is 10.6 Å². The highest BCUT2D eigenvalue weighted by Gasteiger charge is 2.15. The Morgan fingerprint density at radius 1 is 0.966 bits per heavy atom. The summed E-state index contributed by atoms with van der Waals surface area (Å²) in [4.78, 5) is 36.0. The Morgan fingerprint density at radius 3 is 2.38 bits per heavy atom. The van der Waals surface area contributed by atoms with Gasteiger partial charge in [0.15, 0.2) is 0 Å². The fourth-order valence-corrected chi connectivity index (χ4v) is 2.62. The second-order valence-corrected chi connectivity index (χ2v) is 7.16. The molecule has 0 heterocycles. The van der Waals surface area contributed by atoms with Crippen molar-refractivity contribution >= 4 is 58.0 Å². The number of carbonyl (C=O) groups is 3. The Labute approximate surface area is 178 Å². The first-order valence-electron chi connectivity index (χ1n) is 8.63. The van der Waals surface area contributed by atoms with Gasteiger partial charge in [-0.1, -0.05) is 35.3 Å². The van der Waals surface area contributed by atoms with Crippen molar-refractivity contribution in [1.82, 2.24) is 5.43 Å². The molecule has 3 amide bonds. The lowest BCUT2D eigenvalue weighted by Gasteiger charge is -2.09. The van der Waals surface area contributed by atoms with E-state index in [2.05, 4.69) is 21.2 Å². The van der Waals surface area contributed by atoms with Gasteiger partial charge in [-0.3, -0.25) is 14.4 Å². The molecule has 3 N–H and O–H groups in total. The molecule has 2 aromatic carbocycles. The molecule has 0 unspecified atom stereocenters. The van der Waals surface area contributed by atoms with Crippen LogP contribution in [0.15, 0.2) is 41.5 Å². The molecule has 7 nitrogen and oxygen atoms in total. The van der Waals surface area contributed by atoms with E-state index in [0.29, 0.717) is 32.7 Å². The minimum absolute atomic E-state index is 0.0687. The maximum Gasteiger partial charge on any atom is 0.329 e. The van der Waals surface area contributed by atoms with Crippen LogP contribution in [-0.2, 0) is 14.4 Å². The van der Waals surface area contributed by atoms with Crippen LogP contribution >= 0.6 is 23.2 Å². The van der Waals surface area contributed by atoms with E-state index in [-0.39, 0.29) is 12.3 Å². The number of rotatable bonds is 5. The second-order valence-electron chi connectivity index (χ2n) is 6.34. The molecule has 0 radical (unpaired) electrons. The summed E-state index contributed by atoms with van der Waals surface area (Å²) in [7, 11) is 0. The van der Waals surface area contributed by atoms with E-state index in [0.717, 1.165) is 5.56 Å². The van der Waals surface area contributed by atoms with E-state index >= 15 is 0 Å². The summed E-state index contributed by atoms with van der Waals surface area (Å²) >= 11 is 12.0. The van der Waals surface area contributed by atoms with Gasteiger partial charge in [-0.2, -0.15) is 5.10 Å². The smallest absolute Gasteiger partial charge is 0.326 e. The highest BCUT2D eigenvalue weighted by atomic mass is 35.5. The van der Waals surface area contributed by atoms with Crippen molar-refractivity contribution in [2.75, 3.05) is 10.6 Å². The van der Waals surface area contributed by atoms with Gasteiger partial charge in [-0.15, -0.1) is 0 Å². The summed E-state index contributed by atoms with van der Waals surface area (Å²) in [5.41, 5.74) is 4.97. The van der Waals surface area contributed by atoms with Crippen molar-refractivity contribution in [3.63, 3.8) is 0 Å². The monoisotopic (exact) mass is 434 g/mol. The molecule has 152 valence electrons. The lowest BCUT2D eigenvalue weighted by atomic mass is 10.2. The third-order valence-electron chi connectivity index (χ3n) is 3.94. The van der Waals surface area contributed by atoms with Crippen molar-refractivity contribution in [3.05, 3.63) is 57.6 Å². The van der Waals surface area contributed by atoms with Crippen LogP contribution in [0.25, 0.3) is 0 Å². The van der Waals surface area contributed by atoms with Crippen LogP contribution in [0.1, 0.15) is 24.5 Å². The SMILES string of the molecule is CC(CC(=O)Nc1ccc(C)c(Cl)c1)=NNC(=O)C(=O)Nc1cccc(Cl)c1C. The van der Waals surface area contributed by atoms with Crippen LogP contribution in [0.3, 0.4) is 0 Å². The quantitative estimate of drug-likeness (QED) is 0.375. The first kappa shape index (κ1) is 22.4. The summed E-state index contributed by atoms with van der Waals surface area (Å²) in [5.74, 6) is -2.19. The number of benzene rings is 2. The summed E-state index contributed by atoms with van der Waals surface area (Å²) in [6.07, 6.45) is -0.0687. The summed E-state index contributed by atoms with van der Waals surface area (Å²) < 4.78 is 0. The second kappa shape index (κ2) is 10.0. The third kappa shape index (κ3) is 6.58. The zero-order valence-corrected chi connectivity index (χ0v) is 17.6. The van der Waals surface area contributed by atoms with Crippen LogP contribution in [0.4, 0.5) is 11.4 Å². The molecule has 0 aromatic heterocycles. The van der Waals surface area contributed by atoms with E-state index in [1.54, 1.807) is 50.2 Å². The number of hydrogen-bond donors (Lipinski definition) is 3. The number of nitrogens with one attached hydrogen (secondary N) is 3. The van der Waals surface area contributed by atoms with Crippen molar-refractivity contribution in [2.24, 2.45) is 5.10 Å². The average molecular weight is 435 g/mol. The minimum Gasteiger partial charge on any atom is -0.326 e. The van der Waals surface area contributed by atoms with Crippen molar-refractivity contribution in [1.29, 1.82) is 0 Å². The maximum absolute atomic E-state index is 12.1.